The van der Waals surface area contributed by atoms with Crippen molar-refractivity contribution in [3.63, 3.8) is 0 Å². The minimum atomic E-state index is -0.225. The zero-order valence-electron chi connectivity index (χ0n) is 11.9. The highest BCUT2D eigenvalue weighted by Gasteiger charge is 2.15. The molecule has 0 fully saturated rings. The molecule has 0 aromatic heterocycles. The Morgan fingerprint density at radius 2 is 1.89 bits per heavy atom. The fourth-order valence-corrected chi connectivity index (χ4v) is 2.02. The molecule has 1 atom stereocenters. The van der Waals surface area contributed by atoms with Gasteiger partial charge in [-0.2, -0.15) is 0 Å². The molecule has 0 aliphatic carbocycles. The maximum absolute atomic E-state index is 12.0. The maximum atomic E-state index is 12.0. The van der Waals surface area contributed by atoms with Gasteiger partial charge in [-0.25, -0.2) is 0 Å². The summed E-state index contributed by atoms with van der Waals surface area (Å²) >= 11 is 6.08. The Balaban J connectivity index is 2.45. The zero-order chi connectivity index (χ0) is 14.3. The van der Waals surface area contributed by atoms with Gasteiger partial charge in [-0.1, -0.05) is 43.6 Å². The highest BCUT2D eigenvalue weighted by Crippen LogP contribution is 2.14. The molecule has 106 valence electrons. The third-order valence-corrected chi connectivity index (χ3v) is 3.65. The molecule has 19 heavy (non-hydrogen) atoms. The average Bonchev–Trinajstić information content (AvgIpc) is 2.43. The van der Waals surface area contributed by atoms with E-state index in [0.717, 1.165) is 23.4 Å². The fourth-order valence-electron chi connectivity index (χ4n) is 1.82. The summed E-state index contributed by atoms with van der Waals surface area (Å²) in [5, 5.41) is 6.95. The summed E-state index contributed by atoms with van der Waals surface area (Å²) in [5.41, 5.74) is 1.01. The summed E-state index contributed by atoms with van der Waals surface area (Å²) in [7, 11) is 0. The third kappa shape index (κ3) is 5.21. The summed E-state index contributed by atoms with van der Waals surface area (Å²) in [5.74, 6) is 0.0424. The second kappa shape index (κ2) is 8.18. The Kier molecular flexibility index (Phi) is 6.89. The molecule has 1 aromatic rings. The highest BCUT2D eigenvalue weighted by molar-refractivity contribution is 6.31. The largest absolute Gasteiger partial charge is 0.352 e. The molecule has 2 N–H and O–H groups in total. The van der Waals surface area contributed by atoms with Gasteiger partial charge in [-0.15, -0.1) is 0 Å². The van der Waals surface area contributed by atoms with Crippen molar-refractivity contribution in [2.24, 2.45) is 0 Å². The first-order valence-corrected chi connectivity index (χ1v) is 7.23. The number of benzene rings is 1. The van der Waals surface area contributed by atoms with E-state index in [9.17, 15) is 4.79 Å². The Morgan fingerprint density at radius 1 is 1.26 bits per heavy atom. The lowest BCUT2D eigenvalue weighted by Crippen LogP contribution is -2.45. The van der Waals surface area contributed by atoms with E-state index in [1.54, 1.807) is 0 Å². The van der Waals surface area contributed by atoms with Crippen LogP contribution in [0.15, 0.2) is 24.3 Å². The van der Waals surface area contributed by atoms with E-state index in [0.29, 0.717) is 6.54 Å². The minimum Gasteiger partial charge on any atom is -0.352 e. The first-order valence-electron chi connectivity index (χ1n) is 6.85. The molecule has 1 unspecified atom stereocenters. The monoisotopic (exact) mass is 282 g/mol. The van der Waals surface area contributed by atoms with Crippen LogP contribution in [0.1, 0.15) is 39.2 Å². The quantitative estimate of drug-likeness (QED) is 0.807. The predicted octanol–water partition coefficient (Wildman–Crippen LogP) is 3.12. The molecule has 1 rings (SSSR count). The Labute approximate surface area is 120 Å². The summed E-state index contributed by atoms with van der Waals surface area (Å²) in [6, 6.07) is 7.69. The van der Waals surface area contributed by atoms with Crippen molar-refractivity contribution in [3.8, 4) is 0 Å². The number of amides is 1. The number of hydrogen-bond donors (Lipinski definition) is 2. The first kappa shape index (κ1) is 16.0. The van der Waals surface area contributed by atoms with Gasteiger partial charge in [0, 0.05) is 17.6 Å². The Morgan fingerprint density at radius 3 is 2.47 bits per heavy atom. The van der Waals surface area contributed by atoms with Crippen LogP contribution in [-0.2, 0) is 11.3 Å². The van der Waals surface area contributed by atoms with Crippen LogP contribution in [0.25, 0.3) is 0 Å². The van der Waals surface area contributed by atoms with Gasteiger partial charge in [-0.05, 0) is 31.4 Å². The van der Waals surface area contributed by atoms with Gasteiger partial charge in [0.2, 0.25) is 5.91 Å². The van der Waals surface area contributed by atoms with Crippen molar-refractivity contribution >= 4 is 17.5 Å². The van der Waals surface area contributed by atoms with Gasteiger partial charge in [0.1, 0.15) is 0 Å². The van der Waals surface area contributed by atoms with Crippen molar-refractivity contribution in [1.29, 1.82) is 0 Å². The average molecular weight is 283 g/mol. The van der Waals surface area contributed by atoms with E-state index >= 15 is 0 Å². The van der Waals surface area contributed by atoms with Gasteiger partial charge < -0.3 is 10.6 Å². The number of nitrogens with one attached hydrogen (secondary N) is 2. The summed E-state index contributed by atoms with van der Waals surface area (Å²) < 4.78 is 0. The second-order valence-corrected chi connectivity index (χ2v) is 5.12. The molecule has 0 saturated carbocycles. The van der Waals surface area contributed by atoms with E-state index in [-0.39, 0.29) is 18.0 Å². The van der Waals surface area contributed by atoms with Crippen molar-refractivity contribution < 1.29 is 4.79 Å². The van der Waals surface area contributed by atoms with Crippen molar-refractivity contribution in [2.75, 3.05) is 0 Å². The maximum Gasteiger partial charge on any atom is 0.237 e. The Hall–Kier alpha value is -1.06. The van der Waals surface area contributed by atoms with Crippen LogP contribution in [0.5, 0.6) is 0 Å². The molecule has 0 aliphatic rings. The molecular formula is C15H23ClN2O. The van der Waals surface area contributed by atoms with Gasteiger partial charge >= 0.3 is 0 Å². The zero-order valence-corrected chi connectivity index (χ0v) is 12.6. The van der Waals surface area contributed by atoms with Crippen LogP contribution in [0, 0.1) is 0 Å². The molecule has 0 aliphatic heterocycles. The SMILES string of the molecule is CCC(CC)NC(=O)C(C)NCc1ccccc1Cl. The second-order valence-electron chi connectivity index (χ2n) is 4.72. The summed E-state index contributed by atoms with van der Waals surface area (Å²) in [6.07, 6.45) is 1.92. The van der Waals surface area contributed by atoms with Crippen molar-refractivity contribution in [3.05, 3.63) is 34.9 Å². The normalized spacial score (nSPS) is 12.5. The lowest BCUT2D eigenvalue weighted by Gasteiger charge is -2.19. The van der Waals surface area contributed by atoms with Crippen LogP contribution in [0.2, 0.25) is 5.02 Å². The predicted molar refractivity (Wildman–Crippen MR) is 80.3 cm³/mol. The lowest BCUT2D eigenvalue weighted by atomic mass is 10.1. The van der Waals surface area contributed by atoms with E-state index in [2.05, 4.69) is 24.5 Å². The number of carbonyl (C=O) groups excluding carboxylic acids is 1. The van der Waals surface area contributed by atoms with Gasteiger partial charge in [0.05, 0.1) is 6.04 Å². The molecule has 1 amide bonds. The van der Waals surface area contributed by atoms with Crippen LogP contribution >= 0.6 is 11.6 Å². The van der Waals surface area contributed by atoms with Crippen LogP contribution in [0.3, 0.4) is 0 Å². The molecule has 3 nitrogen and oxygen atoms in total. The molecule has 1 aromatic carbocycles. The standard InChI is InChI=1S/C15H23ClN2O/c1-4-13(5-2)18-15(19)11(3)17-10-12-8-6-7-9-14(12)16/h6-9,11,13,17H,4-5,10H2,1-3H3,(H,18,19). The topological polar surface area (TPSA) is 41.1 Å². The summed E-state index contributed by atoms with van der Waals surface area (Å²) in [6.45, 7) is 6.62. The highest BCUT2D eigenvalue weighted by atomic mass is 35.5. The first-order chi connectivity index (χ1) is 9.08. The molecule has 0 radical (unpaired) electrons. The molecular weight excluding hydrogens is 260 g/mol. The van der Waals surface area contributed by atoms with Gasteiger partial charge in [0.15, 0.2) is 0 Å². The van der Waals surface area contributed by atoms with E-state index in [1.165, 1.54) is 0 Å². The molecule has 0 saturated heterocycles. The summed E-state index contributed by atoms with van der Waals surface area (Å²) in [4.78, 5) is 12.0. The van der Waals surface area contributed by atoms with Crippen LogP contribution in [0.4, 0.5) is 0 Å². The van der Waals surface area contributed by atoms with E-state index in [4.69, 9.17) is 11.6 Å². The molecule has 0 heterocycles. The smallest absolute Gasteiger partial charge is 0.237 e. The number of rotatable bonds is 7. The van der Waals surface area contributed by atoms with E-state index < -0.39 is 0 Å². The van der Waals surface area contributed by atoms with Gasteiger partial charge in [0.25, 0.3) is 0 Å². The van der Waals surface area contributed by atoms with Crippen molar-refractivity contribution in [2.45, 2.75) is 52.2 Å². The minimum absolute atomic E-state index is 0.0424. The van der Waals surface area contributed by atoms with Crippen LogP contribution < -0.4 is 10.6 Å². The fraction of sp³-hybridized carbons (Fsp3) is 0.533. The van der Waals surface area contributed by atoms with Crippen LogP contribution in [-0.4, -0.2) is 18.0 Å². The number of hydrogen-bond acceptors (Lipinski definition) is 2. The Bertz CT molecular complexity index is 405. The van der Waals surface area contributed by atoms with Crippen molar-refractivity contribution in [1.82, 2.24) is 10.6 Å². The van der Waals surface area contributed by atoms with Gasteiger partial charge in [-0.3, -0.25) is 4.79 Å². The third-order valence-electron chi connectivity index (χ3n) is 3.28. The van der Waals surface area contributed by atoms with E-state index in [1.807, 2.05) is 31.2 Å². The molecule has 0 bridgehead atoms. The molecule has 0 spiro atoms. The number of carbonyl (C=O) groups is 1. The lowest BCUT2D eigenvalue weighted by molar-refractivity contribution is -0.123. The molecule has 4 heteroatoms. The number of halogens is 1.